The van der Waals surface area contributed by atoms with Gasteiger partial charge >= 0.3 is 5.69 Å². The molecule has 0 aliphatic heterocycles. The first-order valence-corrected chi connectivity index (χ1v) is 8.03. The largest absolute Gasteiger partial charge is 0.376 e. The van der Waals surface area contributed by atoms with E-state index in [9.17, 15) is 14.9 Å². The van der Waals surface area contributed by atoms with Crippen molar-refractivity contribution in [1.29, 1.82) is 5.26 Å². The lowest BCUT2D eigenvalue weighted by molar-refractivity contribution is 0.000353. The van der Waals surface area contributed by atoms with Gasteiger partial charge < -0.3 is 10.1 Å². The Morgan fingerprint density at radius 3 is 2.61 bits per heavy atom. The summed E-state index contributed by atoms with van der Waals surface area (Å²) in [6.45, 7) is 3.12. The minimum absolute atomic E-state index is 0.0550. The molecule has 0 radical (unpaired) electrons. The molecule has 1 heterocycles. The van der Waals surface area contributed by atoms with Crippen molar-refractivity contribution < 1.29 is 4.74 Å². The van der Waals surface area contributed by atoms with Crippen LogP contribution < -0.4 is 16.6 Å². The smallest absolute Gasteiger partial charge is 0.332 e. The molecule has 2 rings (SSSR count). The van der Waals surface area contributed by atoms with E-state index in [4.69, 9.17) is 4.74 Å². The third kappa shape index (κ3) is 3.64. The molecule has 23 heavy (non-hydrogen) atoms. The topological polar surface area (TPSA) is 89.1 Å². The van der Waals surface area contributed by atoms with E-state index in [1.807, 2.05) is 6.07 Å². The minimum atomic E-state index is -0.583. The molecule has 0 saturated heterocycles. The molecule has 1 aliphatic rings. The molecule has 1 fully saturated rings. The van der Waals surface area contributed by atoms with Crippen molar-refractivity contribution in [1.82, 2.24) is 9.13 Å². The average molecular weight is 320 g/mol. The van der Waals surface area contributed by atoms with Crippen molar-refractivity contribution in [2.24, 2.45) is 20.0 Å². The predicted octanol–water partition coefficient (Wildman–Crippen LogP) is 0.963. The van der Waals surface area contributed by atoms with Crippen LogP contribution in [0.2, 0.25) is 0 Å². The third-order valence-electron chi connectivity index (χ3n) is 4.54. The first kappa shape index (κ1) is 17.3. The van der Waals surface area contributed by atoms with Crippen molar-refractivity contribution in [2.75, 3.05) is 18.5 Å². The van der Waals surface area contributed by atoms with Crippen molar-refractivity contribution in [2.45, 2.75) is 38.7 Å². The van der Waals surface area contributed by atoms with E-state index in [2.05, 4.69) is 12.2 Å². The van der Waals surface area contributed by atoms with Gasteiger partial charge in [0.2, 0.25) is 0 Å². The predicted molar refractivity (Wildman–Crippen MR) is 87.5 cm³/mol. The summed E-state index contributed by atoms with van der Waals surface area (Å²) in [6, 6.07) is 1.87. The fraction of sp³-hybridized carbons (Fsp3) is 0.688. The highest BCUT2D eigenvalue weighted by Crippen LogP contribution is 2.26. The maximum Gasteiger partial charge on any atom is 0.332 e. The maximum absolute atomic E-state index is 12.0. The van der Waals surface area contributed by atoms with E-state index < -0.39 is 11.2 Å². The number of hydrogen-bond acceptors (Lipinski definition) is 5. The Morgan fingerprint density at radius 2 is 1.96 bits per heavy atom. The molecule has 1 saturated carbocycles. The highest BCUT2D eigenvalue weighted by molar-refractivity contribution is 5.51. The molecule has 0 spiro atoms. The van der Waals surface area contributed by atoms with Crippen molar-refractivity contribution >= 4 is 5.82 Å². The monoisotopic (exact) mass is 320 g/mol. The van der Waals surface area contributed by atoms with Crippen LogP contribution in [-0.2, 0) is 18.8 Å². The second kappa shape index (κ2) is 7.47. The normalized spacial score (nSPS) is 21.0. The fourth-order valence-corrected chi connectivity index (χ4v) is 3.06. The Morgan fingerprint density at radius 1 is 1.26 bits per heavy atom. The highest BCUT2D eigenvalue weighted by atomic mass is 16.5. The van der Waals surface area contributed by atoms with Crippen molar-refractivity contribution in [3.8, 4) is 6.07 Å². The van der Waals surface area contributed by atoms with Gasteiger partial charge in [-0.1, -0.05) is 19.8 Å². The lowest BCUT2D eigenvalue weighted by Gasteiger charge is -2.28. The van der Waals surface area contributed by atoms with Crippen LogP contribution in [0.3, 0.4) is 0 Å². The van der Waals surface area contributed by atoms with Gasteiger partial charge in [-0.25, -0.2) is 4.79 Å². The van der Waals surface area contributed by atoms with Crippen molar-refractivity contribution in [3.63, 3.8) is 0 Å². The molecule has 0 bridgehead atoms. The number of rotatable bonds is 5. The molecule has 0 unspecified atom stereocenters. The molecule has 1 aromatic rings. The summed E-state index contributed by atoms with van der Waals surface area (Å²) in [5.41, 5.74) is -1.10. The van der Waals surface area contributed by atoms with Gasteiger partial charge in [-0.2, -0.15) is 5.26 Å². The van der Waals surface area contributed by atoms with E-state index >= 15 is 0 Å². The lowest BCUT2D eigenvalue weighted by atomic mass is 9.88. The van der Waals surface area contributed by atoms with Crippen LogP contribution in [0.1, 0.15) is 38.2 Å². The zero-order valence-corrected chi connectivity index (χ0v) is 14.0. The van der Waals surface area contributed by atoms with Gasteiger partial charge in [-0.15, -0.1) is 0 Å². The number of aromatic nitrogens is 2. The molecular formula is C16H24N4O3. The number of hydrogen-bond donors (Lipinski definition) is 1. The number of nitriles is 1. The van der Waals surface area contributed by atoms with Gasteiger partial charge in [0.25, 0.3) is 5.56 Å². The number of nitrogens with zero attached hydrogens (tertiary/aromatic N) is 3. The quantitative estimate of drug-likeness (QED) is 0.816. The van der Waals surface area contributed by atoms with E-state index in [0.29, 0.717) is 19.1 Å². The number of ether oxygens (including phenoxy) is 1. The van der Waals surface area contributed by atoms with Gasteiger partial charge in [0.05, 0.1) is 12.7 Å². The molecule has 2 atom stereocenters. The first-order valence-electron chi connectivity index (χ1n) is 8.03. The Kier molecular flexibility index (Phi) is 5.61. The van der Waals surface area contributed by atoms with Crippen LogP contribution in [0.15, 0.2) is 9.59 Å². The number of anilines is 1. The molecule has 7 heteroatoms. The summed E-state index contributed by atoms with van der Waals surface area (Å²) in [7, 11) is 2.90. The zero-order chi connectivity index (χ0) is 17.0. The summed E-state index contributed by atoms with van der Waals surface area (Å²) in [6.07, 6.45) is 5.01. The molecule has 1 aromatic heterocycles. The summed E-state index contributed by atoms with van der Waals surface area (Å²) >= 11 is 0. The zero-order valence-electron chi connectivity index (χ0n) is 14.0. The van der Waals surface area contributed by atoms with Crippen LogP contribution in [0, 0.1) is 17.2 Å². The second-order valence-electron chi connectivity index (χ2n) is 6.14. The van der Waals surface area contributed by atoms with Crippen LogP contribution in [0.5, 0.6) is 0 Å². The average Bonchev–Trinajstić information content (AvgIpc) is 2.55. The third-order valence-corrected chi connectivity index (χ3v) is 4.54. The van der Waals surface area contributed by atoms with Gasteiger partial charge in [0.15, 0.2) is 5.56 Å². The Balaban J connectivity index is 2.02. The summed E-state index contributed by atoms with van der Waals surface area (Å²) in [5, 5.41) is 12.2. The molecule has 126 valence electrons. The van der Waals surface area contributed by atoms with Crippen molar-refractivity contribution in [3.05, 3.63) is 26.4 Å². The summed E-state index contributed by atoms with van der Waals surface area (Å²) in [5.74, 6) is 0.813. The van der Waals surface area contributed by atoms with Gasteiger partial charge in [0, 0.05) is 20.6 Å². The molecule has 1 N–H and O–H groups in total. The molecule has 0 aromatic carbocycles. The second-order valence-corrected chi connectivity index (χ2v) is 6.14. The minimum Gasteiger partial charge on any atom is -0.376 e. The van der Waals surface area contributed by atoms with E-state index in [1.165, 1.54) is 37.9 Å². The summed E-state index contributed by atoms with van der Waals surface area (Å²) < 4.78 is 8.11. The lowest BCUT2D eigenvalue weighted by Crippen LogP contribution is -2.40. The first-order chi connectivity index (χ1) is 11.0. The fourth-order valence-electron chi connectivity index (χ4n) is 3.06. The van der Waals surface area contributed by atoms with Crippen LogP contribution >= 0.6 is 0 Å². The van der Waals surface area contributed by atoms with Crippen LogP contribution in [0.25, 0.3) is 0 Å². The summed E-state index contributed by atoms with van der Waals surface area (Å²) in [4.78, 5) is 23.9. The molecular weight excluding hydrogens is 296 g/mol. The highest BCUT2D eigenvalue weighted by Gasteiger charge is 2.21. The Hall–Kier alpha value is -2.07. The standard InChI is InChI=1S/C16H24N4O3/c1-11-6-4-5-7-13(11)23-9-8-18-14-12(10-17)15(21)20(3)16(22)19(14)2/h11,13,18H,4-9H2,1-3H3/t11-,13-/m1/s1. The van der Waals surface area contributed by atoms with Gasteiger partial charge in [-0.05, 0) is 18.8 Å². The van der Waals surface area contributed by atoms with E-state index in [-0.39, 0.29) is 17.5 Å². The molecule has 1 aliphatic carbocycles. The van der Waals surface area contributed by atoms with Gasteiger partial charge in [-0.3, -0.25) is 13.9 Å². The van der Waals surface area contributed by atoms with Crippen LogP contribution in [-0.4, -0.2) is 28.4 Å². The Labute approximate surface area is 135 Å². The van der Waals surface area contributed by atoms with E-state index in [1.54, 1.807) is 0 Å². The number of nitrogens with one attached hydrogen (secondary N) is 1. The maximum atomic E-state index is 12.0. The molecule has 0 amide bonds. The Bertz CT molecular complexity index is 714. The van der Waals surface area contributed by atoms with Crippen LogP contribution in [0.4, 0.5) is 5.82 Å². The molecule has 7 nitrogen and oxygen atoms in total. The SMILES string of the molecule is C[C@@H]1CCCC[C@H]1OCCNc1c(C#N)c(=O)n(C)c(=O)n1C. The van der Waals surface area contributed by atoms with Gasteiger partial charge in [0.1, 0.15) is 11.9 Å². The van der Waals surface area contributed by atoms with E-state index in [0.717, 1.165) is 11.0 Å².